The summed E-state index contributed by atoms with van der Waals surface area (Å²) in [4.78, 5) is 18.3. The fourth-order valence-corrected chi connectivity index (χ4v) is 1.44. The third-order valence-corrected chi connectivity index (χ3v) is 2.27. The van der Waals surface area contributed by atoms with Crippen LogP contribution in [0.5, 0.6) is 0 Å². The van der Waals surface area contributed by atoms with Crippen molar-refractivity contribution in [3.05, 3.63) is 52.3 Å². The lowest BCUT2D eigenvalue weighted by atomic mass is 10.1. The van der Waals surface area contributed by atoms with Gasteiger partial charge in [-0.1, -0.05) is 6.92 Å². The van der Waals surface area contributed by atoms with Gasteiger partial charge in [-0.15, -0.1) is 0 Å². The fraction of sp³-hybridized carbons (Fsp3) is 0.167. The molecule has 82 valence electrons. The number of rotatable bonds is 2. The van der Waals surface area contributed by atoms with Gasteiger partial charge in [-0.2, -0.15) is 0 Å². The molecule has 4 heteroatoms. The van der Waals surface area contributed by atoms with Gasteiger partial charge < -0.3 is 4.98 Å². The van der Waals surface area contributed by atoms with E-state index in [0.29, 0.717) is 17.9 Å². The first kappa shape index (κ1) is 10.5. The van der Waals surface area contributed by atoms with Crippen LogP contribution in [0.2, 0.25) is 0 Å². The normalized spacial score (nSPS) is 10.4. The molecular formula is C12H11FN2O. The van der Waals surface area contributed by atoms with Crippen LogP contribution in [0.1, 0.15) is 12.7 Å². The number of halogens is 1. The highest BCUT2D eigenvalue weighted by Gasteiger charge is 2.02. The average Bonchev–Trinajstić information content (AvgIpc) is 2.29. The minimum atomic E-state index is -0.302. The zero-order chi connectivity index (χ0) is 11.5. The standard InChI is InChI=1S/C12H11FN2O/c1-2-11-14-10(7-12(16)15-11)8-3-5-9(13)6-4-8/h3-7H,2H2,1H3,(H,14,15,16). The van der Waals surface area contributed by atoms with Crippen LogP contribution < -0.4 is 5.56 Å². The summed E-state index contributed by atoms with van der Waals surface area (Å²) in [5.74, 6) is 0.330. The number of hydrogen-bond donors (Lipinski definition) is 1. The fourth-order valence-electron chi connectivity index (χ4n) is 1.44. The quantitative estimate of drug-likeness (QED) is 0.839. The van der Waals surface area contributed by atoms with E-state index in [1.54, 1.807) is 12.1 Å². The van der Waals surface area contributed by atoms with Gasteiger partial charge in [0.05, 0.1) is 5.69 Å². The van der Waals surface area contributed by atoms with E-state index in [9.17, 15) is 9.18 Å². The van der Waals surface area contributed by atoms with E-state index < -0.39 is 0 Å². The van der Waals surface area contributed by atoms with E-state index in [0.717, 1.165) is 5.56 Å². The molecule has 0 amide bonds. The van der Waals surface area contributed by atoms with Gasteiger partial charge in [0.1, 0.15) is 11.6 Å². The van der Waals surface area contributed by atoms with Gasteiger partial charge in [0.2, 0.25) is 0 Å². The van der Waals surface area contributed by atoms with Crippen LogP contribution in [-0.4, -0.2) is 9.97 Å². The van der Waals surface area contributed by atoms with Crippen LogP contribution in [0.15, 0.2) is 35.1 Å². The Morgan fingerprint density at radius 1 is 1.31 bits per heavy atom. The van der Waals surface area contributed by atoms with E-state index in [1.165, 1.54) is 18.2 Å². The van der Waals surface area contributed by atoms with Gasteiger partial charge in [0, 0.05) is 18.1 Å². The van der Waals surface area contributed by atoms with Crippen molar-refractivity contribution in [1.29, 1.82) is 0 Å². The molecule has 0 aliphatic rings. The van der Waals surface area contributed by atoms with Crippen molar-refractivity contribution >= 4 is 0 Å². The van der Waals surface area contributed by atoms with Gasteiger partial charge in [-0.3, -0.25) is 4.79 Å². The zero-order valence-electron chi connectivity index (χ0n) is 8.83. The Morgan fingerprint density at radius 3 is 2.62 bits per heavy atom. The lowest BCUT2D eigenvalue weighted by Gasteiger charge is -2.02. The molecule has 0 saturated carbocycles. The van der Waals surface area contributed by atoms with Crippen LogP contribution in [0, 0.1) is 5.82 Å². The Kier molecular flexibility index (Phi) is 2.81. The van der Waals surface area contributed by atoms with Crippen LogP contribution in [0.25, 0.3) is 11.3 Å². The molecule has 2 rings (SSSR count). The van der Waals surface area contributed by atoms with E-state index in [-0.39, 0.29) is 11.4 Å². The second-order valence-corrected chi connectivity index (χ2v) is 3.44. The molecule has 1 heterocycles. The van der Waals surface area contributed by atoms with E-state index >= 15 is 0 Å². The van der Waals surface area contributed by atoms with Crippen LogP contribution in [0.3, 0.4) is 0 Å². The van der Waals surface area contributed by atoms with Crippen LogP contribution in [-0.2, 0) is 6.42 Å². The third-order valence-electron chi connectivity index (χ3n) is 2.27. The van der Waals surface area contributed by atoms with E-state index in [2.05, 4.69) is 9.97 Å². The smallest absolute Gasteiger partial charge is 0.251 e. The number of aromatic amines is 1. The summed E-state index contributed by atoms with van der Waals surface area (Å²) < 4.78 is 12.7. The molecule has 0 radical (unpaired) electrons. The maximum absolute atomic E-state index is 12.7. The summed E-state index contributed by atoms with van der Waals surface area (Å²) in [6, 6.07) is 7.33. The predicted molar refractivity (Wildman–Crippen MR) is 59.6 cm³/mol. The predicted octanol–water partition coefficient (Wildman–Crippen LogP) is 2.14. The van der Waals surface area contributed by atoms with Gasteiger partial charge >= 0.3 is 0 Å². The number of benzene rings is 1. The molecule has 16 heavy (non-hydrogen) atoms. The van der Waals surface area contributed by atoms with Crippen molar-refractivity contribution in [1.82, 2.24) is 9.97 Å². The highest BCUT2D eigenvalue weighted by atomic mass is 19.1. The molecule has 1 aromatic carbocycles. The molecule has 0 bridgehead atoms. The molecule has 3 nitrogen and oxygen atoms in total. The van der Waals surface area contributed by atoms with Crippen molar-refractivity contribution < 1.29 is 4.39 Å². The maximum atomic E-state index is 12.7. The number of nitrogens with one attached hydrogen (secondary N) is 1. The Balaban J connectivity index is 2.51. The number of nitrogens with zero attached hydrogens (tertiary/aromatic N) is 1. The summed E-state index contributed by atoms with van der Waals surface area (Å²) in [7, 11) is 0. The van der Waals surface area contributed by atoms with Gasteiger partial charge in [0.15, 0.2) is 0 Å². The topological polar surface area (TPSA) is 45.8 Å². The summed E-state index contributed by atoms with van der Waals surface area (Å²) >= 11 is 0. The largest absolute Gasteiger partial charge is 0.311 e. The lowest BCUT2D eigenvalue weighted by molar-refractivity contribution is 0.628. The molecule has 0 aliphatic heterocycles. The van der Waals surface area contributed by atoms with Crippen molar-refractivity contribution in [2.75, 3.05) is 0 Å². The van der Waals surface area contributed by atoms with Gasteiger partial charge in [-0.25, -0.2) is 9.37 Å². The summed E-state index contributed by atoms with van der Waals surface area (Å²) in [5, 5.41) is 0. The minimum absolute atomic E-state index is 0.189. The van der Waals surface area contributed by atoms with Crippen molar-refractivity contribution in [2.24, 2.45) is 0 Å². The third kappa shape index (κ3) is 2.16. The van der Waals surface area contributed by atoms with E-state index in [4.69, 9.17) is 0 Å². The number of aryl methyl sites for hydroxylation is 1. The van der Waals surface area contributed by atoms with Crippen molar-refractivity contribution in [2.45, 2.75) is 13.3 Å². The number of aromatic nitrogens is 2. The first-order chi connectivity index (χ1) is 7.69. The summed E-state index contributed by atoms with van der Waals surface area (Å²) in [6.07, 6.45) is 0.657. The molecule has 0 unspecified atom stereocenters. The van der Waals surface area contributed by atoms with Gasteiger partial charge in [0.25, 0.3) is 5.56 Å². The second-order valence-electron chi connectivity index (χ2n) is 3.44. The molecule has 0 saturated heterocycles. The van der Waals surface area contributed by atoms with E-state index in [1.807, 2.05) is 6.92 Å². The minimum Gasteiger partial charge on any atom is -0.311 e. The summed E-state index contributed by atoms with van der Waals surface area (Å²) in [5.41, 5.74) is 1.12. The summed E-state index contributed by atoms with van der Waals surface area (Å²) in [6.45, 7) is 1.91. The Bertz CT molecular complexity index is 546. The number of H-pyrrole nitrogens is 1. The van der Waals surface area contributed by atoms with Crippen LogP contribution >= 0.6 is 0 Å². The highest BCUT2D eigenvalue weighted by Crippen LogP contribution is 2.15. The first-order valence-corrected chi connectivity index (χ1v) is 5.05. The van der Waals surface area contributed by atoms with Crippen molar-refractivity contribution in [3.8, 4) is 11.3 Å². The Labute approximate surface area is 92.0 Å². The monoisotopic (exact) mass is 218 g/mol. The molecule has 0 aliphatic carbocycles. The Hall–Kier alpha value is -1.97. The molecular weight excluding hydrogens is 207 g/mol. The molecule has 1 N–H and O–H groups in total. The molecule has 2 aromatic rings. The molecule has 0 atom stereocenters. The van der Waals surface area contributed by atoms with Crippen LogP contribution in [0.4, 0.5) is 4.39 Å². The second kappa shape index (κ2) is 4.26. The highest BCUT2D eigenvalue weighted by molar-refractivity contribution is 5.58. The average molecular weight is 218 g/mol. The Morgan fingerprint density at radius 2 is 2.00 bits per heavy atom. The number of hydrogen-bond acceptors (Lipinski definition) is 2. The first-order valence-electron chi connectivity index (χ1n) is 5.05. The van der Waals surface area contributed by atoms with Gasteiger partial charge in [-0.05, 0) is 24.3 Å². The lowest BCUT2D eigenvalue weighted by Crippen LogP contribution is -2.10. The molecule has 0 spiro atoms. The molecule has 1 aromatic heterocycles. The zero-order valence-corrected chi connectivity index (χ0v) is 8.83. The maximum Gasteiger partial charge on any atom is 0.251 e. The van der Waals surface area contributed by atoms with Crippen molar-refractivity contribution in [3.63, 3.8) is 0 Å². The SMILES string of the molecule is CCc1nc(-c2ccc(F)cc2)cc(=O)[nH]1. The molecule has 0 fully saturated rings.